The Hall–Kier alpha value is -1.86. The van der Waals surface area contributed by atoms with Crippen molar-refractivity contribution < 1.29 is 9.47 Å². The van der Waals surface area contributed by atoms with Gasteiger partial charge in [-0.3, -0.25) is 9.98 Å². The highest BCUT2D eigenvalue weighted by molar-refractivity contribution is 5.79. The molecule has 0 aromatic carbocycles. The molecule has 1 saturated heterocycles. The second kappa shape index (κ2) is 11.7. The zero-order valence-corrected chi connectivity index (χ0v) is 15.4. The van der Waals surface area contributed by atoms with Gasteiger partial charge >= 0.3 is 0 Å². The lowest BCUT2D eigenvalue weighted by atomic mass is 10.1. The van der Waals surface area contributed by atoms with Gasteiger partial charge in [0.25, 0.3) is 0 Å². The number of guanidine groups is 1. The van der Waals surface area contributed by atoms with Gasteiger partial charge in [-0.05, 0) is 31.4 Å². The largest absolute Gasteiger partial charge is 0.490 e. The lowest BCUT2D eigenvalue weighted by Gasteiger charge is -2.33. The molecule has 140 valence electrons. The van der Waals surface area contributed by atoms with Crippen LogP contribution in [0.15, 0.2) is 29.5 Å². The monoisotopic (exact) mass is 349 g/mol. The lowest BCUT2D eigenvalue weighted by Crippen LogP contribution is -2.49. The van der Waals surface area contributed by atoms with Crippen LogP contribution in [0.2, 0.25) is 0 Å². The molecule has 1 aliphatic heterocycles. The normalized spacial score (nSPS) is 16.6. The van der Waals surface area contributed by atoms with Crippen LogP contribution in [0.4, 0.5) is 0 Å². The van der Waals surface area contributed by atoms with Crippen LogP contribution in [0.1, 0.15) is 19.3 Å². The molecule has 2 rings (SSSR count). The lowest BCUT2D eigenvalue weighted by molar-refractivity contribution is 0.155. The molecule has 1 aromatic heterocycles. The van der Waals surface area contributed by atoms with Gasteiger partial charge in [-0.2, -0.15) is 0 Å². The highest BCUT2D eigenvalue weighted by Crippen LogP contribution is 2.10. The Morgan fingerprint density at radius 1 is 1.36 bits per heavy atom. The van der Waals surface area contributed by atoms with Crippen molar-refractivity contribution in [2.45, 2.75) is 25.3 Å². The number of likely N-dealkylation sites (tertiary alicyclic amines) is 1. The third-order valence-electron chi connectivity index (χ3n) is 4.27. The van der Waals surface area contributed by atoms with Crippen LogP contribution >= 0.6 is 0 Å². The van der Waals surface area contributed by atoms with Crippen LogP contribution in [-0.2, 0) is 4.74 Å². The maximum Gasteiger partial charge on any atom is 0.191 e. The molecule has 2 N–H and O–H groups in total. The molecule has 25 heavy (non-hydrogen) atoms. The summed E-state index contributed by atoms with van der Waals surface area (Å²) in [6, 6.07) is 4.25. The van der Waals surface area contributed by atoms with Gasteiger partial charge < -0.3 is 25.0 Å². The molecule has 0 saturated carbocycles. The Kier molecular flexibility index (Phi) is 9.07. The van der Waals surface area contributed by atoms with E-state index >= 15 is 0 Å². The summed E-state index contributed by atoms with van der Waals surface area (Å²) in [5.41, 5.74) is 0. The number of aromatic nitrogens is 1. The van der Waals surface area contributed by atoms with E-state index in [2.05, 4.69) is 25.5 Å². The average Bonchev–Trinajstić information content (AvgIpc) is 2.66. The molecule has 7 nitrogen and oxygen atoms in total. The number of nitrogens with one attached hydrogen (secondary N) is 2. The zero-order chi connectivity index (χ0) is 17.7. The number of pyridine rings is 1. The summed E-state index contributed by atoms with van der Waals surface area (Å²) in [7, 11) is 3.56. The second-order valence-corrected chi connectivity index (χ2v) is 6.14. The first kappa shape index (κ1) is 19.5. The number of hydrogen-bond acceptors (Lipinski definition) is 5. The predicted molar refractivity (Wildman–Crippen MR) is 100 cm³/mol. The summed E-state index contributed by atoms with van der Waals surface area (Å²) < 4.78 is 10.7. The molecule has 0 bridgehead atoms. The van der Waals surface area contributed by atoms with Crippen LogP contribution in [-0.4, -0.2) is 75.4 Å². The topological polar surface area (TPSA) is 71.0 Å². The minimum Gasteiger partial charge on any atom is -0.490 e. The van der Waals surface area contributed by atoms with Crippen molar-refractivity contribution in [3.05, 3.63) is 24.5 Å². The van der Waals surface area contributed by atoms with Crippen LogP contribution in [0.25, 0.3) is 0 Å². The highest BCUT2D eigenvalue weighted by atomic mass is 16.5. The van der Waals surface area contributed by atoms with E-state index < -0.39 is 0 Å². The molecule has 0 aliphatic carbocycles. The van der Waals surface area contributed by atoms with Crippen molar-refractivity contribution in [1.29, 1.82) is 0 Å². The van der Waals surface area contributed by atoms with E-state index in [0.29, 0.717) is 19.2 Å². The Bertz CT molecular complexity index is 489. The van der Waals surface area contributed by atoms with Crippen LogP contribution < -0.4 is 15.4 Å². The van der Waals surface area contributed by atoms with Gasteiger partial charge in [0, 0.05) is 52.6 Å². The first-order valence-electron chi connectivity index (χ1n) is 9.03. The maximum atomic E-state index is 5.63. The van der Waals surface area contributed by atoms with Crippen molar-refractivity contribution in [2.24, 2.45) is 4.99 Å². The molecule has 1 aliphatic rings. The first-order chi connectivity index (χ1) is 12.3. The Morgan fingerprint density at radius 2 is 2.20 bits per heavy atom. The van der Waals surface area contributed by atoms with Gasteiger partial charge in [0.15, 0.2) is 5.96 Å². The summed E-state index contributed by atoms with van der Waals surface area (Å²) >= 11 is 0. The fourth-order valence-electron chi connectivity index (χ4n) is 2.89. The number of ether oxygens (including phenoxy) is 2. The summed E-state index contributed by atoms with van der Waals surface area (Å²) in [5, 5.41) is 6.82. The minimum atomic E-state index is 0.476. The standard InChI is InChI=1S/C18H31N5O2/c1-19-18(21-9-14-25-17-5-3-8-20-15-17)22-16-6-11-23(12-7-16)10-4-13-24-2/h3,5,8,15-16H,4,6-7,9-14H2,1-2H3,(H2,19,21,22). The van der Waals surface area contributed by atoms with E-state index in [1.807, 2.05) is 12.1 Å². The number of piperidine rings is 1. The van der Waals surface area contributed by atoms with Gasteiger partial charge in [-0.15, -0.1) is 0 Å². The Labute approximate surface area is 150 Å². The van der Waals surface area contributed by atoms with Gasteiger partial charge in [0.1, 0.15) is 12.4 Å². The summed E-state index contributed by atoms with van der Waals surface area (Å²) in [4.78, 5) is 10.8. The van der Waals surface area contributed by atoms with Crippen molar-refractivity contribution >= 4 is 5.96 Å². The summed E-state index contributed by atoms with van der Waals surface area (Å²) in [6.07, 6.45) is 6.84. The molecular formula is C18H31N5O2. The van der Waals surface area contributed by atoms with Crippen LogP contribution in [0.3, 0.4) is 0 Å². The number of rotatable bonds is 9. The minimum absolute atomic E-state index is 0.476. The van der Waals surface area contributed by atoms with Crippen molar-refractivity contribution in [3.8, 4) is 5.75 Å². The number of aliphatic imine (C=N–C) groups is 1. The SMILES string of the molecule is CN=C(NCCOc1cccnc1)NC1CCN(CCCOC)CC1. The molecule has 0 unspecified atom stereocenters. The number of methoxy groups -OCH3 is 1. The fraction of sp³-hybridized carbons (Fsp3) is 0.667. The van der Waals surface area contributed by atoms with E-state index in [1.165, 1.54) is 0 Å². The number of nitrogens with zero attached hydrogens (tertiary/aromatic N) is 3. The van der Waals surface area contributed by atoms with E-state index in [1.54, 1.807) is 26.6 Å². The van der Waals surface area contributed by atoms with Gasteiger partial charge in [0.2, 0.25) is 0 Å². The molecule has 0 radical (unpaired) electrons. The smallest absolute Gasteiger partial charge is 0.191 e. The molecular weight excluding hydrogens is 318 g/mol. The van der Waals surface area contributed by atoms with E-state index in [9.17, 15) is 0 Å². The maximum absolute atomic E-state index is 5.63. The fourth-order valence-corrected chi connectivity index (χ4v) is 2.89. The highest BCUT2D eigenvalue weighted by Gasteiger charge is 2.19. The van der Waals surface area contributed by atoms with Crippen LogP contribution in [0, 0.1) is 0 Å². The van der Waals surface area contributed by atoms with E-state index in [0.717, 1.165) is 57.2 Å². The average molecular weight is 349 g/mol. The molecule has 0 spiro atoms. The summed E-state index contributed by atoms with van der Waals surface area (Å²) in [5.74, 6) is 1.63. The predicted octanol–water partition coefficient (Wildman–Crippen LogP) is 1.13. The third kappa shape index (κ3) is 7.70. The van der Waals surface area contributed by atoms with Crippen molar-refractivity contribution in [2.75, 3.05) is 53.6 Å². The second-order valence-electron chi connectivity index (χ2n) is 6.14. The van der Waals surface area contributed by atoms with E-state index in [-0.39, 0.29) is 0 Å². The van der Waals surface area contributed by atoms with Crippen LogP contribution in [0.5, 0.6) is 5.75 Å². The van der Waals surface area contributed by atoms with Gasteiger partial charge in [-0.1, -0.05) is 0 Å². The zero-order valence-electron chi connectivity index (χ0n) is 15.4. The van der Waals surface area contributed by atoms with E-state index in [4.69, 9.17) is 9.47 Å². The molecule has 0 atom stereocenters. The molecule has 1 fully saturated rings. The Balaban J connectivity index is 1.59. The third-order valence-corrected chi connectivity index (χ3v) is 4.27. The van der Waals surface area contributed by atoms with Gasteiger partial charge in [0.05, 0.1) is 12.7 Å². The molecule has 7 heteroatoms. The molecule has 2 heterocycles. The Morgan fingerprint density at radius 3 is 2.88 bits per heavy atom. The van der Waals surface area contributed by atoms with Gasteiger partial charge in [-0.25, -0.2) is 0 Å². The quantitative estimate of drug-likeness (QED) is 0.396. The first-order valence-corrected chi connectivity index (χ1v) is 9.03. The van der Waals surface area contributed by atoms with Crippen molar-refractivity contribution in [3.63, 3.8) is 0 Å². The molecule has 0 amide bonds. The molecule has 1 aromatic rings. The summed E-state index contributed by atoms with van der Waals surface area (Å²) in [6.45, 7) is 5.49. The number of hydrogen-bond donors (Lipinski definition) is 2. The van der Waals surface area contributed by atoms with Crippen molar-refractivity contribution in [1.82, 2.24) is 20.5 Å².